The van der Waals surface area contributed by atoms with Crippen LogP contribution in [0.5, 0.6) is 0 Å². The zero-order valence-corrected chi connectivity index (χ0v) is 26.6. The van der Waals surface area contributed by atoms with Gasteiger partial charge in [-0.1, -0.05) is 94.4 Å². The van der Waals surface area contributed by atoms with Crippen LogP contribution in [-0.2, 0) is 30.9 Å². The zero-order valence-electron chi connectivity index (χ0n) is 24.2. The molecule has 8 rings (SSSR count). The monoisotopic (exact) mass is 720 g/mol. The zero-order chi connectivity index (χ0) is 27.9. The van der Waals surface area contributed by atoms with Crippen molar-refractivity contribution in [3.05, 3.63) is 144 Å². The van der Waals surface area contributed by atoms with Crippen LogP contribution >= 0.6 is 0 Å². The van der Waals surface area contributed by atoms with Gasteiger partial charge >= 0.3 is 0 Å². The van der Waals surface area contributed by atoms with Gasteiger partial charge in [0.2, 0.25) is 0 Å². The molecule has 0 N–H and O–H groups in total. The van der Waals surface area contributed by atoms with E-state index in [9.17, 15) is 0 Å². The number of anilines is 3. The third-order valence-electron chi connectivity index (χ3n) is 9.40. The fourth-order valence-electron chi connectivity index (χ4n) is 7.18. The van der Waals surface area contributed by atoms with Gasteiger partial charge in [0.1, 0.15) is 0 Å². The number of benzene rings is 5. The molecular weight excluding hydrogens is 689 g/mol. The van der Waals surface area contributed by atoms with Gasteiger partial charge in [-0.3, -0.25) is 0 Å². The average Bonchev–Trinajstić information content (AvgIpc) is 3.00. The number of fused-ring (bicyclic) bond motifs is 5. The molecule has 0 aliphatic carbocycles. The largest absolute Gasteiger partial charge is 0.309 e. The molecule has 5 aromatic carbocycles. The van der Waals surface area contributed by atoms with Gasteiger partial charge in [-0.25, -0.2) is 0 Å². The maximum atomic E-state index is 4.76. The van der Waals surface area contributed by atoms with E-state index in [-0.39, 0.29) is 30.9 Å². The predicted molar refractivity (Wildman–Crippen MR) is 170 cm³/mol. The van der Waals surface area contributed by atoms with E-state index < -0.39 is 0 Å². The first kappa shape index (κ1) is 26.8. The fourth-order valence-corrected chi connectivity index (χ4v) is 7.18. The van der Waals surface area contributed by atoms with Gasteiger partial charge in [-0.15, -0.1) is 35.4 Å². The Morgan fingerprint density at radius 1 is 0.619 bits per heavy atom. The molecule has 1 aromatic heterocycles. The first-order valence-corrected chi connectivity index (χ1v) is 14.4. The summed E-state index contributed by atoms with van der Waals surface area (Å²) in [5.41, 5.74) is 13.5. The van der Waals surface area contributed by atoms with Crippen molar-refractivity contribution >= 4 is 27.8 Å². The SMILES string of the molecule is CC1(C)c2ccccc2N2c3ccc(-c4cc[c-]c(-c5nccc6ccccc56)c4)cc3C(C)(C)c3cccc1c32.[Ir]. The van der Waals surface area contributed by atoms with E-state index in [1.807, 2.05) is 12.3 Å². The van der Waals surface area contributed by atoms with E-state index in [1.165, 1.54) is 55.8 Å². The Kier molecular flexibility index (Phi) is 6.06. The van der Waals surface area contributed by atoms with Crippen molar-refractivity contribution in [2.45, 2.75) is 38.5 Å². The molecule has 0 bridgehead atoms. The molecule has 6 aromatic rings. The van der Waals surface area contributed by atoms with E-state index in [0.29, 0.717) is 0 Å². The molecule has 0 unspecified atom stereocenters. The third kappa shape index (κ3) is 3.70. The number of aromatic nitrogens is 1. The minimum atomic E-state index is -0.156. The van der Waals surface area contributed by atoms with Crippen molar-refractivity contribution in [3.63, 3.8) is 0 Å². The smallest absolute Gasteiger partial charge is 0.0543 e. The Morgan fingerprint density at radius 2 is 1.29 bits per heavy atom. The van der Waals surface area contributed by atoms with Crippen molar-refractivity contribution < 1.29 is 20.1 Å². The Morgan fingerprint density at radius 3 is 2.12 bits per heavy atom. The van der Waals surface area contributed by atoms with E-state index in [2.05, 4.69) is 142 Å². The Labute approximate surface area is 261 Å². The summed E-state index contributed by atoms with van der Waals surface area (Å²) in [5.74, 6) is 0. The topological polar surface area (TPSA) is 16.1 Å². The second kappa shape index (κ2) is 9.49. The van der Waals surface area contributed by atoms with Crippen molar-refractivity contribution in [3.8, 4) is 22.4 Å². The van der Waals surface area contributed by atoms with Crippen LogP contribution in [0.25, 0.3) is 33.2 Å². The molecule has 3 heterocycles. The van der Waals surface area contributed by atoms with Crippen molar-refractivity contribution in [1.82, 2.24) is 4.98 Å². The molecule has 3 heteroatoms. The number of nitrogens with zero attached hydrogens (tertiary/aromatic N) is 2. The van der Waals surface area contributed by atoms with E-state index in [4.69, 9.17) is 4.98 Å². The van der Waals surface area contributed by atoms with Crippen LogP contribution in [0.15, 0.2) is 115 Å². The van der Waals surface area contributed by atoms with E-state index in [0.717, 1.165) is 16.6 Å². The van der Waals surface area contributed by atoms with E-state index >= 15 is 0 Å². The van der Waals surface area contributed by atoms with Crippen LogP contribution in [0.2, 0.25) is 0 Å². The molecule has 0 saturated heterocycles. The summed E-state index contributed by atoms with van der Waals surface area (Å²) in [6.07, 6.45) is 1.89. The quantitative estimate of drug-likeness (QED) is 0.166. The first-order valence-electron chi connectivity index (χ1n) is 14.4. The molecule has 0 fully saturated rings. The molecule has 0 spiro atoms. The summed E-state index contributed by atoms with van der Waals surface area (Å²) in [7, 11) is 0. The number of hydrogen-bond donors (Lipinski definition) is 0. The maximum Gasteiger partial charge on any atom is 0.0543 e. The van der Waals surface area contributed by atoms with Gasteiger partial charge in [0, 0.05) is 37.1 Å². The average molecular weight is 720 g/mol. The number of rotatable bonds is 2. The molecular formula is C39H31IrN2-. The molecule has 0 saturated carbocycles. The Hall–Kier alpha value is -4.04. The van der Waals surface area contributed by atoms with Gasteiger partial charge in [0.25, 0.3) is 0 Å². The standard InChI is InChI=1S/C39H31N2.Ir/c1-38(2)30-15-7-8-18-34(30)41-35-20-19-27(24-33(35)39(3,4)32-17-10-16-31(38)37(32)41)26-12-9-13-28(23-26)36-29-14-6-5-11-25(29)21-22-40-36;/h5-12,14-24H,1-4H3;/q-1;. The fraction of sp³-hybridized carbons (Fsp3) is 0.154. The Bertz CT molecular complexity index is 2010. The molecule has 207 valence electrons. The first-order chi connectivity index (χ1) is 19.9. The normalized spacial score (nSPS) is 15.3. The van der Waals surface area contributed by atoms with Crippen LogP contribution in [0.4, 0.5) is 17.1 Å². The second-order valence-electron chi connectivity index (χ2n) is 12.4. The van der Waals surface area contributed by atoms with Gasteiger partial charge in [-0.2, -0.15) is 0 Å². The molecule has 42 heavy (non-hydrogen) atoms. The minimum Gasteiger partial charge on any atom is -0.309 e. The van der Waals surface area contributed by atoms with E-state index in [1.54, 1.807) is 0 Å². The summed E-state index contributed by atoms with van der Waals surface area (Å²) >= 11 is 0. The molecule has 1 radical (unpaired) electrons. The summed E-state index contributed by atoms with van der Waals surface area (Å²) in [5, 5.41) is 2.34. The van der Waals surface area contributed by atoms with Gasteiger partial charge in [0.15, 0.2) is 0 Å². The van der Waals surface area contributed by atoms with Crippen molar-refractivity contribution in [1.29, 1.82) is 0 Å². The Balaban J connectivity index is 0.00000288. The third-order valence-corrected chi connectivity index (χ3v) is 9.40. The maximum absolute atomic E-state index is 4.76. The van der Waals surface area contributed by atoms with Crippen molar-refractivity contribution in [2.75, 3.05) is 4.90 Å². The predicted octanol–water partition coefficient (Wildman–Crippen LogP) is 10.1. The summed E-state index contributed by atoms with van der Waals surface area (Å²) in [6.45, 7) is 9.47. The molecule has 2 aliphatic heterocycles. The molecule has 0 amide bonds. The second-order valence-corrected chi connectivity index (χ2v) is 12.4. The number of pyridine rings is 1. The van der Waals surface area contributed by atoms with Crippen LogP contribution in [0.3, 0.4) is 0 Å². The van der Waals surface area contributed by atoms with Crippen LogP contribution in [0.1, 0.15) is 49.9 Å². The van der Waals surface area contributed by atoms with Gasteiger partial charge < -0.3 is 9.88 Å². The number of hydrogen-bond acceptors (Lipinski definition) is 2. The summed E-state index contributed by atoms with van der Waals surface area (Å²) < 4.78 is 0. The van der Waals surface area contributed by atoms with Crippen molar-refractivity contribution in [2.24, 2.45) is 0 Å². The minimum absolute atomic E-state index is 0. The van der Waals surface area contributed by atoms with Gasteiger partial charge in [-0.05, 0) is 68.5 Å². The van der Waals surface area contributed by atoms with Crippen LogP contribution < -0.4 is 4.90 Å². The molecule has 2 nitrogen and oxygen atoms in total. The van der Waals surface area contributed by atoms with Gasteiger partial charge in [0.05, 0.1) is 17.1 Å². The number of para-hydroxylation sites is 2. The summed E-state index contributed by atoms with van der Waals surface area (Å²) in [4.78, 5) is 7.27. The summed E-state index contributed by atoms with van der Waals surface area (Å²) in [6, 6.07) is 43.2. The molecule has 2 aliphatic rings. The molecule has 0 atom stereocenters. The van der Waals surface area contributed by atoms with Crippen LogP contribution in [0, 0.1) is 6.07 Å². The van der Waals surface area contributed by atoms with Crippen LogP contribution in [-0.4, -0.2) is 4.98 Å².